The molecule has 1 N–H and O–H groups in total. The molecule has 0 unspecified atom stereocenters. The molecule has 1 aliphatic heterocycles. The van der Waals surface area contributed by atoms with Crippen LogP contribution in [0.15, 0.2) is 42.5 Å². The Bertz CT molecular complexity index is 819. The lowest BCUT2D eigenvalue weighted by Crippen LogP contribution is -2.28. The zero-order valence-corrected chi connectivity index (χ0v) is 15.1. The molecule has 25 heavy (non-hydrogen) atoms. The Labute approximate surface area is 152 Å². The van der Waals surface area contributed by atoms with Crippen LogP contribution in [0, 0.1) is 12.8 Å². The highest BCUT2D eigenvalue weighted by Crippen LogP contribution is 2.28. The van der Waals surface area contributed by atoms with Crippen LogP contribution in [-0.2, 0) is 16.0 Å². The van der Waals surface area contributed by atoms with Gasteiger partial charge in [-0.1, -0.05) is 36.7 Å². The number of nitrogens with one attached hydrogen (secondary N) is 1. The van der Waals surface area contributed by atoms with Crippen molar-refractivity contribution in [3.63, 3.8) is 0 Å². The van der Waals surface area contributed by atoms with Crippen molar-refractivity contribution < 1.29 is 9.59 Å². The Morgan fingerprint density at radius 3 is 2.80 bits per heavy atom. The van der Waals surface area contributed by atoms with Gasteiger partial charge in [-0.05, 0) is 48.7 Å². The highest BCUT2D eigenvalue weighted by molar-refractivity contribution is 6.33. The van der Waals surface area contributed by atoms with Crippen molar-refractivity contribution in [2.45, 2.75) is 26.7 Å². The molecule has 0 spiro atoms. The maximum Gasteiger partial charge on any atom is 0.229 e. The van der Waals surface area contributed by atoms with Gasteiger partial charge in [-0.3, -0.25) is 9.59 Å². The molecule has 2 aromatic rings. The minimum Gasteiger partial charge on any atom is -0.324 e. The lowest BCUT2D eigenvalue weighted by Gasteiger charge is -2.17. The first-order chi connectivity index (χ1) is 12.0. The van der Waals surface area contributed by atoms with Gasteiger partial charge >= 0.3 is 0 Å². The fourth-order valence-electron chi connectivity index (χ4n) is 3.03. The summed E-state index contributed by atoms with van der Waals surface area (Å²) in [5.41, 5.74) is 3.63. The molecule has 1 atom stereocenters. The van der Waals surface area contributed by atoms with Gasteiger partial charge in [0.15, 0.2) is 0 Å². The van der Waals surface area contributed by atoms with E-state index in [1.807, 2.05) is 37.3 Å². The number of nitrogens with zero attached hydrogens (tertiary/aromatic N) is 1. The van der Waals surface area contributed by atoms with Crippen LogP contribution < -0.4 is 10.2 Å². The van der Waals surface area contributed by atoms with E-state index in [2.05, 4.69) is 12.2 Å². The second-order valence-corrected chi connectivity index (χ2v) is 6.81. The van der Waals surface area contributed by atoms with Crippen molar-refractivity contribution in [3.05, 3.63) is 58.6 Å². The van der Waals surface area contributed by atoms with Gasteiger partial charge in [0, 0.05) is 18.7 Å². The highest BCUT2D eigenvalue weighted by Gasteiger charge is 2.35. The molecule has 0 aliphatic carbocycles. The topological polar surface area (TPSA) is 49.4 Å². The molecular weight excluding hydrogens is 336 g/mol. The number of carbonyl (C=O) groups is 2. The van der Waals surface area contributed by atoms with E-state index in [1.165, 1.54) is 5.56 Å². The van der Waals surface area contributed by atoms with E-state index in [0.29, 0.717) is 17.3 Å². The number of carbonyl (C=O) groups excluding carboxylic acids is 2. The molecule has 130 valence electrons. The lowest BCUT2D eigenvalue weighted by atomic mass is 10.1. The summed E-state index contributed by atoms with van der Waals surface area (Å²) in [6.07, 6.45) is 1.12. The zero-order valence-electron chi connectivity index (χ0n) is 14.4. The van der Waals surface area contributed by atoms with Crippen molar-refractivity contribution in [2.24, 2.45) is 5.92 Å². The van der Waals surface area contributed by atoms with E-state index in [-0.39, 0.29) is 24.2 Å². The van der Waals surface area contributed by atoms with Gasteiger partial charge in [-0.25, -0.2) is 0 Å². The van der Waals surface area contributed by atoms with Gasteiger partial charge in [-0.2, -0.15) is 0 Å². The molecule has 0 aromatic heterocycles. The third-order valence-corrected chi connectivity index (χ3v) is 4.82. The Morgan fingerprint density at radius 1 is 1.28 bits per heavy atom. The fourth-order valence-corrected chi connectivity index (χ4v) is 3.32. The maximum absolute atomic E-state index is 12.5. The molecule has 1 saturated heterocycles. The van der Waals surface area contributed by atoms with Gasteiger partial charge in [0.25, 0.3) is 0 Å². The first kappa shape index (κ1) is 17.5. The summed E-state index contributed by atoms with van der Waals surface area (Å²) in [5.74, 6) is -0.577. The molecule has 4 nitrogen and oxygen atoms in total. The van der Waals surface area contributed by atoms with E-state index < -0.39 is 0 Å². The van der Waals surface area contributed by atoms with Gasteiger partial charge < -0.3 is 10.2 Å². The fraction of sp³-hybridized carbons (Fsp3) is 0.300. The third kappa shape index (κ3) is 3.85. The Kier molecular flexibility index (Phi) is 5.09. The number of benzene rings is 2. The second kappa shape index (κ2) is 7.28. The summed E-state index contributed by atoms with van der Waals surface area (Å²) in [6, 6.07) is 13.4. The van der Waals surface area contributed by atoms with E-state index in [0.717, 1.165) is 17.7 Å². The van der Waals surface area contributed by atoms with Crippen molar-refractivity contribution >= 4 is 34.8 Å². The van der Waals surface area contributed by atoms with Crippen molar-refractivity contribution in [1.29, 1.82) is 0 Å². The van der Waals surface area contributed by atoms with E-state index in [9.17, 15) is 9.59 Å². The van der Waals surface area contributed by atoms with Crippen molar-refractivity contribution in [2.75, 3.05) is 16.8 Å². The number of amides is 2. The zero-order chi connectivity index (χ0) is 18.0. The van der Waals surface area contributed by atoms with Crippen molar-refractivity contribution in [3.8, 4) is 0 Å². The van der Waals surface area contributed by atoms with E-state index in [1.54, 1.807) is 17.0 Å². The predicted octanol–water partition coefficient (Wildman–Crippen LogP) is 4.20. The van der Waals surface area contributed by atoms with Crippen LogP contribution >= 0.6 is 11.6 Å². The summed E-state index contributed by atoms with van der Waals surface area (Å²) >= 11 is 6.17. The largest absolute Gasteiger partial charge is 0.324 e. The Hall–Kier alpha value is -2.33. The number of halogens is 1. The number of hydrogen-bond donors (Lipinski definition) is 1. The van der Waals surface area contributed by atoms with E-state index >= 15 is 0 Å². The summed E-state index contributed by atoms with van der Waals surface area (Å²) < 4.78 is 0. The van der Waals surface area contributed by atoms with Crippen LogP contribution in [-0.4, -0.2) is 18.4 Å². The summed E-state index contributed by atoms with van der Waals surface area (Å²) in [4.78, 5) is 26.6. The van der Waals surface area contributed by atoms with Crippen LogP contribution in [0.3, 0.4) is 0 Å². The molecule has 1 fully saturated rings. The maximum atomic E-state index is 12.5. The normalized spacial score (nSPS) is 17.0. The monoisotopic (exact) mass is 356 g/mol. The molecule has 2 aromatic carbocycles. The van der Waals surface area contributed by atoms with Crippen LogP contribution in [0.1, 0.15) is 24.5 Å². The van der Waals surface area contributed by atoms with Gasteiger partial charge in [0.1, 0.15) is 0 Å². The van der Waals surface area contributed by atoms with Crippen LogP contribution in [0.5, 0.6) is 0 Å². The van der Waals surface area contributed by atoms with Gasteiger partial charge in [0.05, 0.1) is 16.6 Å². The van der Waals surface area contributed by atoms with Gasteiger partial charge in [-0.15, -0.1) is 0 Å². The SMILES string of the molecule is CCc1cccc(N2C[C@H](C(=O)Nc3ccc(C)cc3Cl)CC2=O)c1. The molecule has 5 heteroatoms. The molecule has 0 bridgehead atoms. The number of rotatable bonds is 4. The molecular formula is C20H21ClN2O2. The molecule has 2 amide bonds. The smallest absolute Gasteiger partial charge is 0.229 e. The van der Waals surface area contributed by atoms with Crippen LogP contribution in [0.4, 0.5) is 11.4 Å². The number of anilines is 2. The first-order valence-corrected chi connectivity index (χ1v) is 8.82. The average molecular weight is 357 g/mol. The highest BCUT2D eigenvalue weighted by atomic mass is 35.5. The molecule has 0 radical (unpaired) electrons. The van der Waals surface area contributed by atoms with Crippen molar-refractivity contribution in [1.82, 2.24) is 0 Å². The summed E-state index contributed by atoms with van der Waals surface area (Å²) in [6.45, 7) is 4.41. The Morgan fingerprint density at radius 2 is 2.08 bits per heavy atom. The molecule has 3 rings (SSSR count). The van der Waals surface area contributed by atoms with Crippen LogP contribution in [0.2, 0.25) is 5.02 Å². The minimum atomic E-state index is -0.379. The number of hydrogen-bond acceptors (Lipinski definition) is 2. The lowest BCUT2D eigenvalue weighted by molar-refractivity contribution is -0.122. The standard InChI is InChI=1S/C20H21ClN2O2/c1-3-14-5-4-6-16(10-14)23-12-15(11-19(23)24)20(25)22-18-8-7-13(2)9-17(18)21/h4-10,15H,3,11-12H2,1-2H3,(H,22,25)/t15-/m1/s1. The average Bonchev–Trinajstić information content (AvgIpc) is 2.99. The summed E-state index contributed by atoms with van der Waals surface area (Å²) in [5, 5.41) is 3.35. The number of aryl methyl sites for hydroxylation is 2. The second-order valence-electron chi connectivity index (χ2n) is 6.40. The molecule has 0 saturated carbocycles. The van der Waals surface area contributed by atoms with E-state index in [4.69, 9.17) is 11.6 Å². The molecule has 1 heterocycles. The quantitative estimate of drug-likeness (QED) is 0.892. The van der Waals surface area contributed by atoms with Gasteiger partial charge in [0.2, 0.25) is 11.8 Å². The summed E-state index contributed by atoms with van der Waals surface area (Å²) in [7, 11) is 0. The first-order valence-electron chi connectivity index (χ1n) is 8.44. The Balaban J connectivity index is 1.72. The minimum absolute atomic E-state index is 0.0246. The third-order valence-electron chi connectivity index (χ3n) is 4.51. The molecule has 1 aliphatic rings. The predicted molar refractivity (Wildman–Crippen MR) is 101 cm³/mol. The van der Waals surface area contributed by atoms with Crippen LogP contribution in [0.25, 0.3) is 0 Å².